The molecule has 5 aromatic rings. The Bertz CT molecular complexity index is 1600. The molecular formula is C29H26N8O. The van der Waals surface area contributed by atoms with Gasteiger partial charge in [-0.25, -0.2) is 19.9 Å². The Morgan fingerprint density at radius 2 is 1.74 bits per heavy atom. The summed E-state index contributed by atoms with van der Waals surface area (Å²) in [6, 6.07) is 21.7. The molecule has 0 atom stereocenters. The zero-order valence-electron chi connectivity index (χ0n) is 20.7. The van der Waals surface area contributed by atoms with Crippen LogP contribution in [0, 0.1) is 11.3 Å². The number of imidazole rings is 1. The predicted molar refractivity (Wildman–Crippen MR) is 144 cm³/mol. The van der Waals surface area contributed by atoms with Crippen molar-refractivity contribution in [3.8, 4) is 29.0 Å². The maximum Gasteiger partial charge on any atom is 0.213 e. The molecule has 0 saturated carbocycles. The molecular weight excluding hydrogens is 476 g/mol. The molecule has 4 aromatic heterocycles. The van der Waals surface area contributed by atoms with Crippen LogP contribution >= 0.6 is 0 Å². The van der Waals surface area contributed by atoms with Crippen LogP contribution in [0.3, 0.4) is 0 Å². The van der Waals surface area contributed by atoms with Crippen LogP contribution in [0.5, 0.6) is 5.88 Å². The number of fused-ring (bicyclic) bond motifs is 1. The molecule has 9 heteroatoms. The monoisotopic (exact) mass is 502 g/mol. The molecule has 1 saturated heterocycles. The van der Waals surface area contributed by atoms with Gasteiger partial charge < -0.3 is 10.5 Å². The van der Waals surface area contributed by atoms with Gasteiger partial charge in [0, 0.05) is 50.0 Å². The van der Waals surface area contributed by atoms with Crippen LogP contribution in [0.1, 0.15) is 24.0 Å². The lowest BCUT2D eigenvalue weighted by atomic mass is 10.1. The first-order chi connectivity index (χ1) is 18.7. The van der Waals surface area contributed by atoms with Gasteiger partial charge in [-0.1, -0.05) is 12.1 Å². The lowest BCUT2D eigenvalue weighted by Gasteiger charge is -2.31. The number of anilines is 1. The average Bonchev–Trinajstić information content (AvgIpc) is 3.34. The molecule has 0 aliphatic carbocycles. The third-order valence-electron chi connectivity index (χ3n) is 6.78. The third kappa shape index (κ3) is 4.77. The van der Waals surface area contributed by atoms with E-state index in [4.69, 9.17) is 20.7 Å². The van der Waals surface area contributed by atoms with Crippen LogP contribution in [0.4, 0.5) is 5.82 Å². The summed E-state index contributed by atoms with van der Waals surface area (Å²) < 4.78 is 8.06. The van der Waals surface area contributed by atoms with E-state index in [9.17, 15) is 0 Å². The van der Waals surface area contributed by atoms with Crippen LogP contribution in [0.25, 0.3) is 28.2 Å². The van der Waals surface area contributed by atoms with Crippen molar-refractivity contribution in [2.24, 2.45) is 0 Å². The van der Waals surface area contributed by atoms with E-state index in [1.54, 1.807) is 30.7 Å². The van der Waals surface area contributed by atoms with E-state index in [-0.39, 0.29) is 6.10 Å². The maximum atomic E-state index is 8.92. The van der Waals surface area contributed by atoms with Gasteiger partial charge >= 0.3 is 0 Å². The quantitative estimate of drug-likeness (QED) is 0.363. The van der Waals surface area contributed by atoms with Gasteiger partial charge in [-0.2, -0.15) is 5.26 Å². The first-order valence-corrected chi connectivity index (χ1v) is 12.6. The molecule has 1 fully saturated rings. The van der Waals surface area contributed by atoms with E-state index in [0.29, 0.717) is 17.3 Å². The number of hydrogen-bond acceptors (Lipinski definition) is 8. The summed E-state index contributed by atoms with van der Waals surface area (Å²) in [6.07, 6.45) is 7.00. The van der Waals surface area contributed by atoms with Gasteiger partial charge in [0.05, 0.1) is 11.1 Å². The van der Waals surface area contributed by atoms with Crippen LogP contribution in [0.15, 0.2) is 79.3 Å². The summed E-state index contributed by atoms with van der Waals surface area (Å²) in [5.41, 5.74) is 11.3. The van der Waals surface area contributed by atoms with Crippen molar-refractivity contribution in [3.63, 3.8) is 0 Å². The van der Waals surface area contributed by atoms with Gasteiger partial charge in [0.1, 0.15) is 23.5 Å². The first kappa shape index (κ1) is 23.6. The minimum atomic E-state index is 0.134. The second kappa shape index (κ2) is 10.3. The standard InChI is InChI=1S/C29H26N8O/c30-17-21-7-10-26(34-18-21)38-23-11-15-36(16-12-23)19-20-5-8-22(9-6-20)37-28(24-3-1-13-32-27(24)31)35-25-4-2-14-33-29(25)37/h1-10,13-14,18,23H,11-12,15-16,19H2,(H2,31,32). The van der Waals surface area contributed by atoms with Crippen LogP contribution in [-0.2, 0) is 6.54 Å². The molecule has 0 bridgehead atoms. The van der Waals surface area contributed by atoms with Crippen molar-refractivity contribution < 1.29 is 4.74 Å². The fraction of sp³-hybridized carbons (Fsp3) is 0.207. The number of pyridine rings is 3. The van der Waals surface area contributed by atoms with Crippen molar-refractivity contribution in [1.82, 2.24) is 29.4 Å². The van der Waals surface area contributed by atoms with Gasteiger partial charge in [-0.15, -0.1) is 0 Å². The Morgan fingerprint density at radius 1 is 0.947 bits per heavy atom. The molecule has 0 spiro atoms. The largest absolute Gasteiger partial charge is 0.474 e. The highest BCUT2D eigenvalue weighted by Gasteiger charge is 2.22. The normalized spacial score (nSPS) is 14.4. The molecule has 0 radical (unpaired) electrons. The van der Waals surface area contributed by atoms with E-state index in [0.717, 1.165) is 60.7 Å². The summed E-state index contributed by atoms with van der Waals surface area (Å²) in [5, 5.41) is 8.92. The van der Waals surface area contributed by atoms with Crippen LogP contribution in [0.2, 0.25) is 0 Å². The molecule has 38 heavy (non-hydrogen) atoms. The van der Waals surface area contributed by atoms with E-state index < -0.39 is 0 Å². The number of rotatable bonds is 6. The van der Waals surface area contributed by atoms with Gasteiger partial charge in [-0.05, 0) is 60.9 Å². The van der Waals surface area contributed by atoms with E-state index >= 15 is 0 Å². The maximum absolute atomic E-state index is 8.92. The molecule has 2 N–H and O–H groups in total. The third-order valence-corrected chi connectivity index (χ3v) is 6.78. The molecule has 0 unspecified atom stereocenters. The van der Waals surface area contributed by atoms with E-state index in [2.05, 4.69) is 50.2 Å². The van der Waals surface area contributed by atoms with Crippen molar-refractivity contribution in [2.75, 3.05) is 18.8 Å². The van der Waals surface area contributed by atoms with Crippen LogP contribution < -0.4 is 10.5 Å². The Kier molecular flexibility index (Phi) is 6.38. The molecule has 188 valence electrons. The minimum Gasteiger partial charge on any atom is -0.474 e. The fourth-order valence-electron chi connectivity index (χ4n) is 4.83. The molecule has 9 nitrogen and oxygen atoms in total. The minimum absolute atomic E-state index is 0.134. The molecule has 6 rings (SSSR count). The molecule has 5 heterocycles. The number of hydrogen-bond donors (Lipinski definition) is 1. The van der Waals surface area contributed by atoms with Gasteiger partial charge in [0.25, 0.3) is 0 Å². The van der Waals surface area contributed by atoms with E-state index in [1.807, 2.05) is 28.8 Å². The summed E-state index contributed by atoms with van der Waals surface area (Å²) >= 11 is 0. The number of nitriles is 1. The number of benzene rings is 1. The fourth-order valence-corrected chi connectivity index (χ4v) is 4.83. The van der Waals surface area contributed by atoms with E-state index in [1.165, 1.54) is 5.56 Å². The van der Waals surface area contributed by atoms with Crippen LogP contribution in [-0.4, -0.2) is 48.6 Å². The average molecular weight is 503 g/mol. The highest BCUT2D eigenvalue weighted by molar-refractivity contribution is 5.82. The van der Waals surface area contributed by atoms with Gasteiger partial charge in [-0.3, -0.25) is 9.47 Å². The Hall–Kier alpha value is -4.81. The zero-order valence-corrected chi connectivity index (χ0v) is 20.7. The SMILES string of the molecule is N#Cc1ccc(OC2CCN(Cc3ccc(-n4c(-c5cccnc5N)nc5cccnc54)cc3)CC2)nc1. The second-order valence-electron chi connectivity index (χ2n) is 9.31. The highest BCUT2D eigenvalue weighted by Crippen LogP contribution is 2.30. The predicted octanol–water partition coefficient (Wildman–Crippen LogP) is 4.37. The molecule has 0 amide bonds. The molecule has 1 aromatic carbocycles. The highest BCUT2D eigenvalue weighted by atomic mass is 16.5. The van der Waals surface area contributed by atoms with Crippen molar-refractivity contribution in [2.45, 2.75) is 25.5 Å². The number of nitrogen functional groups attached to an aromatic ring is 1. The Balaban J connectivity index is 1.15. The van der Waals surface area contributed by atoms with Gasteiger partial charge in [0.2, 0.25) is 5.88 Å². The first-order valence-electron chi connectivity index (χ1n) is 12.6. The summed E-state index contributed by atoms with van der Waals surface area (Å²) in [6.45, 7) is 2.76. The Labute approximate surface area is 220 Å². The zero-order chi connectivity index (χ0) is 25.9. The second-order valence-corrected chi connectivity index (χ2v) is 9.31. The number of likely N-dealkylation sites (tertiary alicyclic amines) is 1. The molecule has 1 aliphatic heterocycles. The van der Waals surface area contributed by atoms with Crippen molar-refractivity contribution in [1.29, 1.82) is 5.26 Å². The number of nitrogens with two attached hydrogens (primary N) is 1. The number of nitrogens with zero attached hydrogens (tertiary/aromatic N) is 7. The summed E-state index contributed by atoms with van der Waals surface area (Å²) in [5.74, 6) is 1.73. The van der Waals surface area contributed by atoms with Crippen molar-refractivity contribution in [3.05, 3.63) is 90.4 Å². The summed E-state index contributed by atoms with van der Waals surface area (Å²) in [4.78, 5) is 20.3. The Morgan fingerprint density at radius 3 is 2.47 bits per heavy atom. The molecule has 1 aliphatic rings. The van der Waals surface area contributed by atoms with Crippen molar-refractivity contribution >= 4 is 17.0 Å². The number of piperidine rings is 1. The summed E-state index contributed by atoms with van der Waals surface area (Å²) in [7, 11) is 0. The smallest absolute Gasteiger partial charge is 0.213 e. The topological polar surface area (TPSA) is 119 Å². The number of ether oxygens (including phenoxy) is 1. The van der Waals surface area contributed by atoms with Gasteiger partial charge in [0.15, 0.2) is 11.5 Å². The lowest BCUT2D eigenvalue weighted by molar-refractivity contribution is 0.0932. The lowest BCUT2D eigenvalue weighted by Crippen LogP contribution is -2.37. The number of aromatic nitrogens is 5.